The van der Waals surface area contributed by atoms with E-state index >= 15 is 0 Å². The fourth-order valence-electron chi connectivity index (χ4n) is 2.35. The Bertz CT molecular complexity index is 305. The molecule has 4 nitrogen and oxygen atoms in total. The molecule has 1 aliphatic rings. The highest BCUT2D eigenvalue weighted by Crippen LogP contribution is 2.22. The number of piperidine rings is 1. The summed E-state index contributed by atoms with van der Waals surface area (Å²) < 4.78 is 2.11. The number of nitrogens with zero attached hydrogens (tertiary/aromatic N) is 3. The number of hydrogen-bond donors (Lipinski definition) is 1. The molecule has 15 heavy (non-hydrogen) atoms. The predicted octanol–water partition coefficient (Wildman–Crippen LogP) is 0.998. The molecule has 4 heteroatoms. The van der Waals surface area contributed by atoms with Gasteiger partial charge in [0, 0.05) is 38.6 Å². The van der Waals surface area contributed by atoms with Gasteiger partial charge in [-0.15, -0.1) is 0 Å². The quantitative estimate of drug-likeness (QED) is 0.804. The van der Waals surface area contributed by atoms with E-state index in [0.717, 1.165) is 19.0 Å². The highest BCUT2D eigenvalue weighted by atomic mass is 15.3. The maximum absolute atomic E-state index is 4.43. The average Bonchev–Trinajstić information content (AvgIpc) is 2.66. The minimum atomic E-state index is 0.602. The highest BCUT2D eigenvalue weighted by Gasteiger charge is 2.24. The van der Waals surface area contributed by atoms with Crippen molar-refractivity contribution in [1.82, 2.24) is 14.9 Å². The SMILES string of the molecule is CNCC1CCCCN1c1nccn1C. The minimum Gasteiger partial charge on any atom is -0.338 e. The molecule has 1 aliphatic heterocycles. The lowest BCUT2D eigenvalue weighted by Crippen LogP contribution is -2.46. The van der Waals surface area contributed by atoms with Gasteiger partial charge in [-0.25, -0.2) is 4.98 Å². The first-order valence-electron chi connectivity index (χ1n) is 5.71. The smallest absolute Gasteiger partial charge is 0.205 e. The molecule has 1 fully saturated rings. The highest BCUT2D eigenvalue weighted by molar-refractivity contribution is 5.33. The van der Waals surface area contributed by atoms with Gasteiger partial charge in [0.05, 0.1) is 0 Å². The van der Waals surface area contributed by atoms with E-state index in [2.05, 4.69) is 26.8 Å². The first kappa shape index (κ1) is 10.5. The predicted molar refractivity (Wildman–Crippen MR) is 62.1 cm³/mol. The first-order valence-corrected chi connectivity index (χ1v) is 5.71. The van der Waals surface area contributed by atoms with Crippen LogP contribution in [0.2, 0.25) is 0 Å². The summed E-state index contributed by atoms with van der Waals surface area (Å²) in [7, 11) is 4.08. The number of nitrogens with one attached hydrogen (secondary N) is 1. The van der Waals surface area contributed by atoms with Crippen LogP contribution in [0.5, 0.6) is 0 Å². The summed E-state index contributed by atoms with van der Waals surface area (Å²) in [6.45, 7) is 2.18. The summed E-state index contributed by atoms with van der Waals surface area (Å²) in [5.41, 5.74) is 0. The topological polar surface area (TPSA) is 33.1 Å². The third-order valence-corrected chi connectivity index (χ3v) is 3.12. The molecule has 1 N–H and O–H groups in total. The van der Waals surface area contributed by atoms with Gasteiger partial charge in [0.15, 0.2) is 0 Å². The van der Waals surface area contributed by atoms with Gasteiger partial charge in [0.1, 0.15) is 0 Å². The van der Waals surface area contributed by atoms with Gasteiger partial charge in [-0.2, -0.15) is 0 Å². The Morgan fingerprint density at radius 3 is 3.07 bits per heavy atom. The molecule has 1 atom stereocenters. The number of aryl methyl sites for hydroxylation is 1. The lowest BCUT2D eigenvalue weighted by molar-refractivity contribution is 0.437. The molecule has 1 saturated heterocycles. The molecule has 84 valence electrons. The van der Waals surface area contributed by atoms with E-state index in [9.17, 15) is 0 Å². The molecule has 1 unspecified atom stereocenters. The molecule has 0 radical (unpaired) electrons. The van der Waals surface area contributed by atoms with Crippen molar-refractivity contribution in [3.05, 3.63) is 12.4 Å². The van der Waals surface area contributed by atoms with Crippen LogP contribution in [0, 0.1) is 0 Å². The van der Waals surface area contributed by atoms with E-state index in [0.29, 0.717) is 6.04 Å². The lowest BCUT2D eigenvalue weighted by Gasteiger charge is -2.36. The standard InChI is InChI=1S/C11H20N4/c1-12-9-10-5-3-4-7-15(10)11-13-6-8-14(11)2/h6,8,10,12H,3-5,7,9H2,1-2H3. The van der Waals surface area contributed by atoms with E-state index in [1.165, 1.54) is 19.3 Å². The molecule has 0 saturated carbocycles. The van der Waals surface area contributed by atoms with Crippen LogP contribution >= 0.6 is 0 Å². The Kier molecular flexibility index (Phi) is 3.26. The normalized spacial score (nSPS) is 22.0. The summed E-state index contributed by atoms with van der Waals surface area (Å²) in [5.74, 6) is 1.11. The number of hydrogen-bond acceptors (Lipinski definition) is 3. The van der Waals surface area contributed by atoms with Gasteiger partial charge < -0.3 is 14.8 Å². The van der Waals surface area contributed by atoms with Gasteiger partial charge in [-0.05, 0) is 26.3 Å². The maximum atomic E-state index is 4.43. The van der Waals surface area contributed by atoms with E-state index < -0.39 is 0 Å². The molecule has 1 aromatic rings. The zero-order valence-corrected chi connectivity index (χ0v) is 9.61. The summed E-state index contributed by atoms with van der Waals surface area (Å²) in [5, 5.41) is 3.27. The maximum Gasteiger partial charge on any atom is 0.205 e. The van der Waals surface area contributed by atoms with Crippen LogP contribution in [-0.4, -0.2) is 35.7 Å². The van der Waals surface area contributed by atoms with Crippen LogP contribution in [0.1, 0.15) is 19.3 Å². The van der Waals surface area contributed by atoms with Crippen molar-refractivity contribution in [2.24, 2.45) is 7.05 Å². The van der Waals surface area contributed by atoms with E-state index in [-0.39, 0.29) is 0 Å². The second-order valence-corrected chi connectivity index (χ2v) is 4.24. The van der Waals surface area contributed by atoms with Gasteiger partial charge in [0.2, 0.25) is 5.95 Å². The summed E-state index contributed by atoms with van der Waals surface area (Å²) in [6, 6.07) is 0.602. The molecule has 0 amide bonds. The Morgan fingerprint density at radius 1 is 1.53 bits per heavy atom. The van der Waals surface area contributed by atoms with Crippen LogP contribution in [0.25, 0.3) is 0 Å². The second-order valence-electron chi connectivity index (χ2n) is 4.24. The minimum absolute atomic E-state index is 0.602. The fraction of sp³-hybridized carbons (Fsp3) is 0.727. The van der Waals surface area contributed by atoms with Crippen molar-refractivity contribution in [1.29, 1.82) is 0 Å². The van der Waals surface area contributed by atoms with Gasteiger partial charge in [-0.1, -0.05) is 0 Å². The third-order valence-electron chi connectivity index (χ3n) is 3.12. The third kappa shape index (κ3) is 2.15. The molecular formula is C11H20N4. The fourth-order valence-corrected chi connectivity index (χ4v) is 2.35. The van der Waals surface area contributed by atoms with Crippen molar-refractivity contribution in [3.8, 4) is 0 Å². The van der Waals surface area contributed by atoms with Crippen molar-refractivity contribution in [2.45, 2.75) is 25.3 Å². The van der Waals surface area contributed by atoms with E-state index in [4.69, 9.17) is 0 Å². The molecule has 1 aromatic heterocycles. The molecule has 0 bridgehead atoms. The second kappa shape index (κ2) is 4.66. The Labute approximate surface area is 91.3 Å². The summed E-state index contributed by atoms with van der Waals surface area (Å²) in [4.78, 5) is 6.86. The molecule has 2 heterocycles. The van der Waals surface area contributed by atoms with Crippen molar-refractivity contribution in [2.75, 3.05) is 25.0 Å². The largest absolute Gasteiger partial charge is 0.338 e. The number of imidazole rings is 1. The Morgan fingerprint density at radius 2 is 2.40 bits per heavy atom. The average molecular weight is 208 g/mol. The van der Waals surface area contributed by atoms with Crippen LogP contribution in [0.4, 0.5) is 5.95 Å². The van der Waals surface area contributed by atoms with Crippen LogP contribution < -0.4 is 10.2 Å². The zero-order valence-electron chi connectivity index (χ0n) is 9.61. The lowest BCUT2D eigenvalue weighted by atomic mass is 10.0. The van der Waals surface area contributed by atoms with Crippen molar-refractivity contribution in [3.63, 3.8) is 0 Å². The van der Waals surface area contributed by atoms with Crippen LogP contribution in [-0.2, 0) is 7.05 Å². The van der Waals surface area contributed by atoms with Gasteiger partial charge >= 0.3 is 0 Å². The molecule has 0 aliphatic carbocycles. The number of anilines is 1. The monoisotopic (exact) mass is 208 g/mol. The summed E-state index contributed by atoms with van der Waals surface area (Å²) >= 11 is 0. The van der Waals surface area contributed by atoms with E-state index in [1.54, 1.807) is 0 Å². The Balaban J connectivity index is 2.14. The van der Waals surface area contributed by atoms with E-state index in [1.807, 2.05) is 19.4 Å². The Hall–Kier alpha value is -1.03. The van der Waals surface area contributed by atoms with Gasteiger partial charge in [0.25, 0.3) is 0 Å². The molecule has 0 aromatic carbocycles. The number of aromatic nitrogens is 2. The van der Waals surface area contributed by atoms with Crippen LogP contribution in [0.15, 0.2) is 12.4 Å². The van der Waals surface area contributed by atoms with Crippen LogP contribution in [0.3, 0.4) is 0 Å². The number of likely N-dealkylation sites (N-methyl/N-ethyl adjacent to an activating group) is 1. The zero-order chi connectivity index (χ0) is 10.7. The molecule has 2 rings (SSSR count). The molecular weight excluding hydrogens is 188 g/mol. The number of rotatable bonds is 3. The first-order chi connectivity index (χ1) is 7.33. The van der Waals surface area contributed by atoms with Crippen molar-refractivity contribution < 1.29 is 0 Å². The van der Waals surface area contributed by atoms with Gasteiger partial charge in [-0.3, -0.25) is 0 Å². The summed E-state index contributed by atoms with van der Waals surface area (Å²) in [6.07, 6.45) is 7.79. The molecule has 0 spiro atoms. The van der Waals surface area contributed by atoms with Crippen molar-refractivity contribution >= 4 is 5.95 Å².